The van der Waals surface area contributed by atoms with Crippen LogP contribution in [0.1, 0.15) is 31.7 Å². The zero-order valence-corrected chi connectivity index (χ0v) is 16.1. The SMILES string of the molecule is COC(=O)[C@@]1(C)CCCC(Cc2cc(OC)c(OC)cc2Br)C1=O. The number of ether oxygens (including phenoxy) is 3. The fraction of sp³-hybridized carbons (Fsp3) is 0.556. The molecule has 1 aliphatic carbocycles. The Morgan fingerprint density at radius 1 is 1.25 bits per heavy atom. The number of ketones is 1. The Morgan fingerprint density at radius 3 is 2.46 bits per heavy atom. The first-order valence-corrected chi connectivity index (χ1v) is 8.69. The summed E-state index contributed by atoms with van der Waals surface area (Å²) in [5, 5.41) is 0. The monoisotopic (exact) mass is 398 g/mol. The fourth-order valence-corrected chi connectivity index (χ4v) is 3.83. The second-order valence-corrected chi connectivity index (χ2v) is 7.13. The molecule has 24 heavy (non-hydrogen) atoms. The molecule has 1 fully saturated rings. The molecule has 0 bridgehead atoms. The Hall–Kier alpha value is -1.56. The summed E-state index contributed by atoms with van der Waals surface area (Å²) < 4.78 is 16.3. The summed E-state index contributed by atoms with van der Waals surface area (Å²) in [6, 6.07) is 3.71. The lowest BCUT2D eigenvalue weighted by atomic mass is 9.68. The highest BCUT2D eigenvalue weighted by molar-refractivity contribution is 9.10. The molecule has 2 rings (SSSR count). The van der Waals surface area contributed by atoms with E-state index in [0.29, 0.717) is 24.3 Å². The van der Waals surface area contributed by atoms with Gasteiger partial charge in [-0.05, 0) is 43.9 Å². The molecule has 1 aromatic carbocycles. The van der Waals surface area contributed by atoms with Crippen molar-refractivity contribution in [1.29, 1.82) is 0 Å². The first kappa shape index (κ1) is 18.8. The van der Waals surface area contributed by atoms with E-state index in [4.69, 9.17) is 14.2 Å². The van der Waals surface area contributed by atoms with Gasteiger partial charge in [0.1, 0.15) is 5.41 Å². The van der Waals surface area contributed by atoms with Gasteiger partial charge in [-0.2, -0.15) is 0 Å². The molecule has 132 valence electrons. The van der Waals surface area contributed by atoms with Crippen LogP contribution < -0.4 is 9.47 Å². The van der Waals surface area contributed by atoms with Gasteiger partial charge in [-0.25, -0.2) is 0 Å². The second kappa shape index (κ2) is 7.55. The molecule has 0 aromatic heterocycles. The van der Waals surface area contributed by atoms with E-state index in [1.54, 1.807) is 21.1 Å². The number of esters is 1. The van der Waals surface area contributed by atoms with Crippen molar-refractivity contribution in [2.24, 2.45) is 11.3 Å². The van der Waals surface area contributed by atoms with Crippen molar-refractivity contribution in [3.8, 4) is 11.5 Å². The highest BCUT2D eigenvalue weighted by Crippen LogP contribution is 2.40. The highest BCUT2D eigenvalue weighted by atomic mass is 79.9. The molecule has 0 amide bonds. The Kier molecular flexibility index (Phi) is 5.91. The second-order valence-electron chi connectivity index (χ2n) is 6.28. The fourth-order valence-electron chi connectivity index (χ4n) is 3.35. The van der Waals surface area contributed by atoms with E-state index < -0.39 is 11.4 Å². The Balaban J connectivity index is 2.27. The molecule has 1 unspecified atom stereocenters. The Bertz CT molecular complexity index is 643. The molecule has 0 spiro atoms. The van der Waals surface area contributed by atoms with Crippen LogP contribution in [0.15, 0.2) is 16.6 Å². The van der Waals surface area contributed by atoms with Gasteiger partial charge in [-0.1, -0.05) is 22.4 Å². The minimum absolute atomic E-state index is 0.0396. The number of hydrogen-bond donors (Lipinski definition) is 0. The maximum atomic E-state index is 12.9. The van der Waals surface area contributed by atoms with Gasteiger partial charge in [0.25, 0.3) is 0 Å². The number of hydrogen-bond acceptors (Lipinski definition) is 5. The topological polar surface area (TPSA) is 61.8 Å². The molecule has 0 aliphatic heterocycles. The largest absolute Gasteiger partial charge is 0.493 e. The lowest BCUT2D eigenvalue weighted by molar-refractivity contribution is -0.160. The van der Waals surface area contributed by atoms with E-state index >= 15 is 0 Å². The minimum Gasteiger partial charge on any atom is -0.493 e. The molecule has 0 saturated heterocycles. The van der Waals surface area contributed by atoms with Gasteiger partial charge in [0.15, 0.2) is 17.3 Å². The number of carbonyl (C=O) groups is 2. The lowest BCUT2D eigenvalue weighted by Crippen LogP contribution is -2.44. The van der Waals surface area contributed by atoms with Crippen molar-refractivity contribution in [3.63, 3.8) is 0 Å². The Labute approximate surface area is 150 Å². The first-order chi connectivity index (χ1) is 11.4. The van der Waals surface area contributed by atoms with Crippen LogP contribution in [0.25, 0.3) is 0 Å². The molecule has 5 nitrogen and oxygen atoms in total. The van der Waals surface area contributed by atoms with Crippen molar-refractivity contribution < 1.29 is 23.8 Å². The summed E-state index contributed by atoms with van der Waals surface area (Å²) in [5.41, 5.74) is -0.0825. The summed E-state index contributed by atoms with van der Waals surface area (Å²) in [4.78, 5) is 24.9. The van der Waals surface area contributed by atoms with E-state index in [1.807, 2.05) is 12.1 Å². The number of methoxy groups -OCH3 is 3. The van der Waals surface area contributed by atoms with Crippen molar-refractivity contribution in [1.82, 2.24) is 0 Å². The smallest absolute Gasteiger partial charge is 0.319 e. The van der Waals surface area contributed by atoms with Gasteiger partial charge < -0.3 is 14.2 Å². The van der Waals surface area contributed by atoms with Gasteiger partial charge in [0.05, 0.1) is 21.3 Å². The predicted molar refractivity (Wildman–Crippen MR) is 93.4 cm³/mol. The molecule has 0 radical (unpaired) electrons. The van der Waals surface area contributed by atoms with Crippen LogP contribution in [0.4, 0.5) is 0 Å². The van der Waals surface area contributed by atoms with Crippen LogP contribution in [0.2, 0.25) is 0 Å². The van der Waals surface area contributed by atoms with E-state index in [0.717, 1.165) is 22.9 Å². The third-order valence-electron chi connectivity index (χ3n) is 4.80. The summed E-state index contributed by atoms with van der Waals surface area (Å²) >= 11 is 3.53. The molecule has 6 heteroatoms. The molecule has 2 atom stereocenters. The number of halogens is 1. The van der Waals surface area contributed by atoms with Crippen LogP contribution in [-0.4, -0.2) is 33.1 Å². The van der Waals surface area contributed by atoms with E-state index in [2.05, 4.69) is 15.9 Å². The van der Waals surface area contributed by atoms with Gasteiger partial charge in [0.2, 0.25) is 0 Å². The van der Waals surface area contributed by atoms with Crippen LogP contribution in [0.5, 0.6) is 11.5 Å². The molecule has 1 saturated carbocycles. The minimum atomic E-state index is -1.04. The molecule has 0 N–H and O–H groups in total. The summed E-state index contributed by atoms with van der Waals surface area (Å²) in [6.45, 7) is 1.69. The number of carbonyl (C=O) groups excluding carboxylic acids is 2. The summed E-state index contributed by atoms with van der Waals surface area (Å²) in [7, 11) is 4.49. The van der Waals surface area contributed by atoms with E-state index in [-0.39, 0.29) is 11.7 Å². The number of Topliss-reactive ketones (excluding diaryl/α,β-unsaturated/α-hetero) is 1. The van der Waals surface area contributed by atoms with Crippen molar-refractivity contribution in [2.75, 3.05) is 21.3 Å². The first-order valence-electron chi connectivity index (χ1n) is 7.90. The summed E-state index contributed by atoms with van der Waals surface area (Å²) in [6.07, 6.45) is 2.69. The van der Waals surface area contributed by atoms with Crippen LogP contribution in [0.3, 0.4) is 0 Å². The van der Waals surface area contributed by atoms with Crippen LogP contribution in [0, 0.1) is 11.3 Å². The molecular weight excluding hydrogens is 376 g/mol. The van der Waals surface area contributed by atoms with Gasteiger partial charge in [-0.3, -0.25) is 9.59 Å². The van der Waals surface area contributed by atoms with Crippen LogP contribution in [-0.2, 0) is 20.7 Å². The summed E-state index contributed by atoms with van der Waals surface area (Å²) in [5.74, 6) is 0.556. The van der Waals surface area contributed by atoms with Crippen molar-refractivity contribution >= 4 is 27.7 Å². The number of rotatable bonds is 5. The molecular formula is C18H23BrO5. The van der Waals surface area contributed by atoms with Gasteiger partial charge in [-0.15, -0.1) is 0 Å². The number of benzene rings is 1. The standard InChI is InChI=1S/C18H23BrO5/c1-18(17(21)24-4)7-5-6-11(16(18)20)8-12-9-14(22-2)15(23-3)10-13(12)19/h9-11H,5-8H2,1-4H3/t11?,18-/m0/s1. The third kappa shape index (κ3) is 3.43. The average molecular weight is 399 g/mol. The maximum absolute atomic E-state index is 12.9. The molecule has 1 aliphatic rings. The van der Waals surface area contributed by atoms with Gasteiger partial charge >= 0.3 is 5.97 Å². The molecule has 1 aromatic rings. The van der Waals surface area contributed by atoms with Crippen LogP contribution >= 0.6 is 15.9 Å². The van der Waals surface area contributed by atoms with Gasteiger partial charge in [0, 0.05) is 10.4 Å². The Morgan fingerprint density at radius 2 is 1.88 bits per heavy atom. The average Bonchev–Trinajstić information content (AvgIpc) is 2.59. The van der Waals surface area contributed by atoms with Crippen molar-refractivity contribution in [2.45, 2.75) is 32.6 Å². The van der Waals surface area contributed by atoms with E-state index in [9.17, 15) is 9.59 Å². The zero-order valence-electron chi connectivity index (χ0n) is 14.5. The maximum Gasteiger partial charge on any atom is 0.319 e. The predicted octanol–water partition coefficient (Wildman–Crippen LogP) is 3.56. The highest BCUT2D eigenvalue weighted by Gasteiger charge is 2.47. The van der Waals surface area contributed by atoms with Crippen molar-refractivity contribution in [3.05, 3.63) is 22.2 Å². The zero-order chi connectivity index (χ0) is 17.9. The quantitative estimate of drug-likeness (QED) is 0.560. The normalized spacial score (nSPS) is 23.7. The molecule has 0 heterocycles. The van der Waals surface area contributed by atoms with E-state index in [1.165, 1.54) is 7.11 Å². The lowest BCUT2D eigenvalue weighted by Gasteiger charge is -2.34. The third-order valence-corrected chi connectivity index (χ3v) is 5.54.